The van der Waals surface area contributed by atoms with Crippen LogP contribution < -0.4 is 20.3 Å². The molecule has 1 amide bonds. The number of aromatic amines is 1. The van der Waals surface area contributed by atoms with Crippen LogP contribution in [0.25, 0.3) is 10.9 Å². The maximum absolute atomic E-state index is 12.7. The van der Waals surface area contributed by atoms with E-state index in [1.165, 1.54) is 31.4 Å². The van der Waals surface area contributed by atoms with Crippen molar-refractivity contribution in [3.05, 3.63) is 88.6 Å². The lowest BCUT2D eigenvalue weighted by Crippen LogP contribution is -2.29. The molecule has 4 aromatic rings. The standard InChI is InChI=1S/C24H23N5O6S/c1-35-18-9-7-17(8-10-18)28-36(33,34)19-11-12-22(23(14-19)29(31)32)26-27-24(30)13-6-16-15-25-21-5-3-2-4-20(16)21/h2-5,7-12,14-15,25-26,28H,6,13H2,1H3,(H,27,30). The molecule has 0 saturated carbocycles. The molecule has 186 valence electrons. The molecule has 0 saturated heterocycles. The molecule has 1 aromatic heterocycles. The fourth-order valence-electron chi connectivity index (χ4n) is 3.59. The van der Waals surface area contributed by atoms with Crippen molar-refractivity contribution in [1.29, 1.82) is 0 Å². The molecule has 0 aliphatic rings. The molecule has 0 spiro atoms. The van der Waals surface area contributed by atoms with Gasteiger partial charge in [-0.3, -0.25) is 30.5 Å². The van der Waals surface area contributed by atoms with E-state index in [0.29, 0.717) is 12.2 Å². The van der Waals surface area contributed by atoms with E-state index in [4.69, 9.17) is 4.74 Å². The van der Waals surface area contributed by atoms with Gasteiger partial charge in [0.25, 0.3) is 15.7 Å². The van der Waals surface area contributed by atoms with Gasteiger partial charge in [-0.05, 0) is 54.4 Å². The first kappa shape index (κ1) is 24.5. The Labute approximate surface area is 206 Å². The number of nitrogens with zero attached hydrogens (tertiary/aromatic N) is 1. The molecule has 4 rings (SSSR count). The van der Waals surface area contributed by atoms with Gasteiger partial charge in [-0.1, -0.05) is 18.2 Å². The minimum atomic E-state index is -4.10. The van der Waals surface area contributed by atoms with E-state index in [-0.39, 0.29) is 28.6 Å². The number of hydrogen-bond acceptors (Lipinski definition) is 7. The number of ether oxygens (including phenoxy) is 1. The zero-order chi connectivity index (χ0) is 25.7. The van der Waals surface area contributed by atoms with Gasteiger partial charge in [-0.25, -0.2) is 8.42 Å². The third-order valence-corrected chi connectivity index (χ3v) is 6.83. The SMILES string of the molecule is COc1ccc(NS(=O)(=O)c2ccc(NNC(=O)CCc3c[nH]c4ccccc34)c([N+](=O)[O-])c2)cc1. The number of amides is 1. The molecule has 0 aliphatic carbocycles. The van der Waals surface area contributed by atoms with Crippen LogP contribution in [0, 0.1) is 10.1 Å². The lowest BCUT2D eigenvalue weighted by molar-refractivity contribution is -0.384. The molecule has 11 nitrogen and oxygen atoms in total. The highest BCUT2D eigenvalue weighted by atomic mass is 32.2. The Kier molecular flexibility index (Phi) is 7.06. The number of aryl methyl sites for hydroxylation is 1. The van der Waals surface area contributed by atoms with E-state index in [1.54, 1.807) is 12.1 Å². The van der Waals surface area contributed by atoms with Crippen LogP contribution in [-0.2, 0) is 21.2 Å². The third kappa shape index (κ3) is 5.55. The monoisotopic (exact) mass is 509 g/mol. The number of H-pyrrole nitrogens is 1. The number of rotatable bonds is 10. The van der Waals surface area contributed by atoms with Gasteiger partial charge in [-0.2, -0.15) is 0 Å². The molecular weight excluding hydrogens is 486 g/mol. The zero-order valence-corrected chi connectivity index (χ0v) is 20.0. The maximum atomic E-state index is 12.7. The van der Waals surface area contributed by atoms with Crippen LogP contribution in [0.2, 0.25) is 0 Å². The first-order chi connectivity index (χ1) is 17.3. The first-order valence-electron chi connectivity index (χ1n) is 10.8. The highest BCUT2D eigenvalue weighted by molar-refractivity contribution is 7.92. The predicted octanol–water partition coefficient (Wildman–Crippen LogP) is 3.96. The van der Waals surface area contributed by atoms with Gasteiger partial charge < -0.3 is 9.72 Å². The number of para-hydroxylation sites is 1. The number of fused-ring (bicyclic) bond motifs is 1. The van der Waals surface area contributed by atoms with Crippen molar-refractivity contribution in [3.63, 3.8) is 0 Å². The molecule has 0 atom stereocenters. The van der Waals surface area contributed by atoms with Crippen LogP contribution in [0.5, 0.6) is 5.75 Å². The highest BCUT2D eigenvalue weighted by Gasteiger charge is 2.22. The Morgan fingerprint density at radius 1 is 1.08 bits per heavy atom. The number of benzene rings is 3. The number of nitro groups is 1. The average molecular weight is 510 g/mol. The van der Waals surface area contributed by atoms with Crippen LogP contribution in [-0.4, -0.2) is 31.3 Å². The van der Waals surface area contributed by atoms with Gasteiger partial charge in [-0.15, -0.1) is 0 Å². The first-order valence-corrected chi connectivity index (χ1v) is 12.3. The summed E-state index contributed by atoms with van der Waals surface area (Å²) in [5.41, 5.74) is 6.61. The summed E-state index contributed by atoms with van der Waals surface area (Å²) < 4.78 is 32.9. The van der Waals surface area contributed by atoms with Crippen molar-refractivity contribution in [2.45, 2.75) is 17.7 Å². The van der Waals surface area contributed by atoms with Crippen molar-refractivity contribution >= 4 is 43.9 Å². The Morgan fingerprint density at radius 2 is 1.83 bits per heavy atom. The van der Waals surface area contributed by atoms with Gasteiger partial charge in [0.2, 0.25) is 5.91 Å². The molecule has 0 bridgehead atoms. The van der Waals surface area contributed by atoms with Crippen molar-refractivity contribution in [3.8, 4) is 5.75 Å². The summed E-state index contributed by atoms with van der Waals surface area (Å²) in [7, 11) is -2.62. The number of hydrazine groups is 1. The lowest BCUT2D eigenvalue weighted by atomic mass is 10.1. The van der Waals surface area contributed by atoms with E-state index in [2.05, 4.69) is 20.6 Å². The lowest BCUT2D eigenvalue weighted by Gasteiger charge is -2.12. The summed E-state index contributed by atoms with van der Waals surface area (Å²) in [6.45, 7) is 0. The molecule has 12 heteroatoms. The largest absolute Gasteiger partial charge is 0.497 e. The fraction of sp³-hybridized carbons (Fsp3) is 0.125. The number of nitrogens with one attached hydrogen (secondary N) is 4. The highest BCUT2D eigenvalue weighted by Crippen LogP contribution is 2.28. The van der Waals surface area contributed by atoms with Crippen molar-refractivity contribution in [2.75, 3.05) is 17.3 Å². The second-order valence-corrected chi connectivity index (χ2v) is 9.49. The van der Waals surface area contributed by atoms with Crippen LogP contribution in [0.4, 0.5) is 17.1 Å². The quantitative estimate of drug-likeness (QED) is 0.186. The molecule has 1 heterocycles. The van der Waals surface area contributed by atoms with Crippen LogP contribution >= 0.6 is 0 Å². The van der Waals surface area contributed by atoms with E-state index >= 15 is 0 Å². The predicted molar refractivity (Wildman–Crippen MR) is 135 cm³/mol. The number of aromatic nitrogens is 1. The summed E-state index contributed by atoms with van der Waals surface area (Å²) in [6.07, 6.45) is 2.45. The molecule has 0 radical (unpaired) electrons. The molecule has 0 unspecified atom stereocenters. The normalized spacial score (nSPS) is 11.1. The Hall–Kier alpha value is -4.58. The summed E-state index contributed by atoms with van der Waals surface area (Å²) in [5.74, 6) is 0.167. The summed E-state index contributed by atoms with van der Waals surface area (Å²) in [5, 5.41) is 12.6. The second kappa shape index (κ2) is 10.4. The van der Waals surface area contributed by atoms with Crippen molar-refractivity contribution in [2.24, 2.45) is 0 Å². The third-order valence-electron chi connectivity index (χ3n) is 5.45. The van der Waals surface area contributed by atoms with Crippen LogP contribution in [0.3, 0.4) is 0 Å². The topological polar surface area (TPSA) is 155 Å². The zero-order valence-electron chi connectivity index (χ0n) is 19.1. The van der Waals surface area contributed by atoms with E-state index in [9.17, 15) is 23.3 Å². The van der Waals surface area contributed by atoms with Gasteiger partial charge >= 0.3 is 0 Å². The van der Waals surface area contributed by atoms with Gasteiger partial charge in [0.05, 0.1) is 16.9 Å². The second-order valence-electron chi connectivity index (χ2n) is 7.80. The Bertz CT molecular complexity index is 1520. The number of nitro benzene ring substituents is 1. The van der Waals surface area contributed by atoms with Gasteiger partial charge in [0.15, 0.2) is 0 Å². The fourth-order valence-corrected chi connectivity index (χ4v) is 4.67. The van der Waals surface area contributed by atoms with Gasteiger partial charge in [0.1, 0.15) is 11.4 Å². The Balaban J connectivity index is 1.42. The average Bonchev–Trinajstić information content (AvgIpc) is 3.29. The summed E-state index contributed by atoms with van der Waals surface area (Å²) >= 11 is 0. The summed E-state index contributed by atoms with van der Waals surface area (Å²) in [6, 6.07) is 17.2. The number of sulfonamides is 1. The molecule has 0 fully saturated rings. The van der Waals surface area contributed by atoms with Crippen LogP contribution in [0.1, 0.15) is 12.0 Å². The van der Waals surface area contributed by atoms with E-state index in [0.717, 1.165) is 22.5 Å². The molecule has 0 aliphatic heterocycles. The minimum Gasteiger partial charge on any atom is -0.497 e. The molecular formula is C24H23N5O6S. The van der Waals surface area contributed by atoms with Crippen molar-refractivity contribution in [1.82, 2.24) is 10.4 Å². The number of carbonyl (C=O) groups is 1. The van der Waals surface area contributed by atoms with E-state index < -0.39 is 20.6 Å². The molecule has 3 aromatic carbocycles. The molecule has 36 heavy (non-hydrogen) atoms. The summed E-state index contributed by atoms with van der Waals surface area (Å²) in [4.78, 5) is 26.0. The smallest absolute Gasteiger partial charge is 0.295 e. The number of hydrogen-bond donors (Lipinski definition) is 4. The minimum absolute atomic E-state index is 0.0520. The van der Waals surface area contributed by atoms with Gasteiger partial charge in [0, 0.05) is 35.3 Å². The van der Waals surface area contributed by atoms with E-state index in [1.807, 2.05) is 30.5 Å². The maximum Gasteiger partial charge on any atom is 0.295 e. The number of anilines is 2. The van der Waals surface area contributed by atoms with Crippen molar-refractivity contribution < 1.29 is 22.9 Å². The van der Waals surface area contributed by atoms with Crippen LogP contribution in [0.15, 0.2) is 77.8 Å². The number of carbonyl (C=O) groups excluding carboxylic acids is 1. The Morgan fingerprint density at radius 3 is 2.56 bits per heavy atom. The molecule has 4 N–H and O–H groups in total. The number of methoxy groups -OCH3 is 1.